The van der Waals surface area contributed by atoms with Crippen molar-refractivity contribution >= 4 is 5.91 Å². The van der Waals surface area contributed by atoms with Crippen LogP contribution in [0.5, 0.6) is 0 Å². The first-order valence-corrected chi connectivity index (χ1v) is 8.91. The van der Waals surface area contributed by atoms with Crippen LogP contribution in [-0.4, -0.2) is 46.4 Å². The zero-order valence-corrected chi connectivity index (χ0v) is 15.2. The lowest BCUT2D eigenvalue weighted by Gasteiger charge is -2.32. The van der Waals surface area contributed by atoms with Gasteiger partial charge in [-0.2, -0.15) is 5.10 Å². The normalized spacial score (nSPS) is 16.6. The first kappa shape index (κ1) is 18.0. The Balaban J connectivity index is 1.97. The van der Waals surface area contributed by atoms with Gasteiger partial charge in [0.25, 0.3) is 5.91 Å². The van der Waals surface area contributed by atoms with Gasteiger partial charge in [-0.1, -0.05) is 27.7 Å². The number of aryl methyl sites for hydroxylation is 1. The van der Waals surface area contributed by atoms with E-state index in [9.17, 15) is 4.79 Å². The van der Waals surface area contributed by atoms with Crippen molar-refractivity contribution in [3.8, 4) is 0 Å². The minimum Gasteiger partial charge on any atom is -0.378 e. The largest absolute Gasteiger partial charge is 0.378 e. The molecule has 130 valence electrons. The van der Waals surface area contributed by atoms with E-state index >= 15 is 0 Å². The summed E-state index contributed by atoms with van der Waals surface area (Å²) in [4.78, 5) is 14.8. The van der Waals surface area contributed by atoms with E-state index < -0.39 is 0 Å². The van der Waals surface area contributed by atoms with Crippen LogP contribution in [0.4, 0.5) is 0 Å². The van der Waals surface area contributed by atoms with E-state index in [2.05, 4.69) is 32.8 Å². The third kappa shape index (κ3) is 4.56. The fourth-order valence-corrected chi connectivity index (χ4v) is 2.85. The van der Waals surface area contributed by atoms with Crippen LogP contribution in [0.15, 0.2) is 6.07 Å². The Morgan fingerprint density at radius 2 is 1.96 bits per heavy atom. The van der Waals surface area contributed by atoms with Crippen molar-refractivity contribution in [2.75, 3.05) is 19.7 Å². The molecular formula is C18H31N3O2. The van der Waals surface area contributed by atoms with Crippen LogP contribution in [0.3, 0.4) is 0 Å². The van der Waals surface area contributed by atoms with Crippen molar-refractivity contribution in [3.63, 3.8) is 0 Å². The molecule has 1 fully saturated rings. The van der Waals surface area contributed by atoms with E-state index in [0.29, 0.717) is 17.9 Å². The minimum atomic E-state index is 0.105. The molecule has 0 aliphatic carbocycles. The first-order valence-electron chi connectivity index (χ1n) is 8.91. The van der Waals surface area contributed by atoms with Gasteiger partial charge in [-0.15, -0.1) is 0 Å². The predicted octanol–water partition coefficient (Wildman–Crippen LogP) is 3.30. The number of ether oxygens (including phenoxy) is 1. The summed E-state index contributed by atoms with van der Waals surface area (Å²) in [5, 5.41) is 4.55. The molecule has 1 aliphatic heterocycles. The van der Waals surface area contributed by atoms with Crippen LogP contribution < -0.4 is 0 Å². The average Bonchev–Trinajstić information content (AvgIpc) is 2.97. The van der Waals surface area contributed by atoms with E-state index in [1.54, 1.807) is 0 Å². The van der Waals surface area contributed by atoms with E-state index in [4.69, 9.17) is 4.74 Å². The van der Waals surface area contributed by atoms with Crippen molar-refractivity contribution in [2.45, 2.75) is 66.0 Å². The number of piperidine rings is 1. The van der Waals surface area contributed by atoms with E-state index in [0.717, 1.165) is 50.5 Å². The Labute approximate surface area is 140 Å². The number of amides is 1. The number of carbonyl (C=O) groups excluding carboxylic acids is 1. The highest BCUT2D eigenvalue weighted by atomic mass is 16.5. The summed E-state index contributed by atoms with van der Waals surface area (Å²) < 4.78 is 7.74. The Morgan fingerprint density at radius 1 is 1.30 bits per heavy atom. The zero-order valence-electron chi connectivity index (χ0n) is 15.2. The number of hydrogen-bond acceptors (Lipinski definition) is 3. The topological polar surface area (TPSA) is 47.4 Å². The Kier molecular flexibility index (Phi) is 6.22. The molecule has 0 unspecified atom stereocenters. The van der Waals surface area contributed by atoms with Crippen molar-refractivity contribution in [1.82, 2.24) is 14.7 Å². The van der Waals surface area contributed by atoms with Crippen LogP contribution in [0.1, 0.15) is 69.6 Å². The number of hydrogen-bond donors (Lipinski definition) is 0. The highest BCUT2D eigenvalue weighted by Crippen LogP contribution is 2.20. The maximum atomic E-state index is 12.8. The smallest absolute Gasteiger partial charge is 0.272 e. The van der Waals surface area contributed by atoms with Gasteiger partial charge < -0.3 is 9.64 Å². The number of aromatic nitrogens is 2. The SMILES string of the molecule is CCn1nc(C(C)C)cc1C(=O)N1CCC(OCC(C)C)CC1. The van der Waals surface area contributed by atoms with Crippen LogP contribution in [0.2, 0.25) is 0 Å². The quantitative estimate of drug-likeness (QED) is 0.807. The fraction of sp³-hybridized carbons (Fsp3) is 0.778. The highest BCUT2D eigenvalue weighted by molar-refractivity contribution is 5.92. The Morgan fingerprint density at radius 3 is 2.48 bits per heavy atom. The number of nitrogens with zero attached hydrogens (tertiary/aromatic N) is 3. The number of carbonyl (C=O) groups is 1. The summed E-state index contributed by atoms with van der Waals surface area (Å²) in [6.07, 6.45) is 2.15. The average molecular weight is 321 g/mol. The monoisotopic (exact) mass is 321 g/mol. The molecule has 0 radical (unpaired) electrons. The molecule has 23 heavy (non-hydrogen) atoms. The lowest BCUT2D eigenvalue weighted by atomic mass is 10.1. The number of likely N-dealkylation sites (tertiary alicyclic amines) is 1. The summed E-state index contributed by atoms with van der Waals surface area (Å²) in [6, 6.07) is 1.96. The summed E-state index contributed by atoms with van der Waals surface area (Å²) in [5.74, 6) is 1.00. The summed E-state index contributed by atoms with van der Waals surface area (Å²) in [5.41, 5.74) is 1.71. The van der Waals surface area contributed by atoms with Crippen LogP contribution >= 0.6 is 0 Å². The molecule has 5 nitrogen and oxygen atoms in total. The molecule has 0 bridgehead atoms. The lowest BCUT2D eigenvalue weighted by molar-refractivity contribution is -0.00254. The van der Waals surface area contributed by atoms with Gasteiger partial charge in [0.1, 0.15) is 5.69 Å². The third-order valence-electron chi connectivity index (χ3n) is 4.30. The van der Waals surface area contributed by atoms with E-state index in [-0.39, 0.29) is 5.91 Å². The molecule has 1 aliphatic rings. The van der Waals surface area contributed by atoms with Crippen molar-refractivity contribution in [1.29, 1.82) is 0 Å². The van der Waals surface area contributed by atoms with Gasteiger partial charge in [-0.25, -0.2) is 0 Å². The maximum absolute atomic E-state index is 12.8. The second-order valence-corrected chi connectivity index (χ2v) is 7.14. The predicted molar refractivity (Wildman–Crippen MR) is 91.7 cm³/mol. The number of rotatable bonds is 6. The molecule has 1 amide bonds. The van der Waals surface area contributed by atoms with Gasteiger partial charge in [0.05, 0.1) is 11.8 Å². The molecule has 0 saturated carbocycles. The molecule has 0 atom stereocenters. The van der Waals surface area contributed by atoms with Crippen molar-refractivity contribution in [2.24, 2.45) is 5.92 Å². The molecular weight excluding hydrogens is 290 g/mol. The van der Waals surface area contributed by atoms with Crippen molar-refractivity contribution < 1.29 is 9.53 Å². The highest BCUT2D eigenvalue weighted by Gasteiger charge is 2.26. The van der Waals surface area contributed by atoms with Gasteiger partial charge in [0, 0.05) is 26.2 Å². The van der Waals surface area contributed by atoms with Gasteiger partial charge >= 0.3 is 0 Å². The lowest BCUT2D eigenvalue weighted by Crippen LogP contribution is -2.41. The Hall–Kier alpha value is -1.36. The minimum absolute atomic E-state index is 0.105. The molecule has 0 N–H and O–H groups in total. The van der Waals surface area contributed by atoms with Crippen LogP contribution in [0, 0.1) is 5.92 Å². The molecule has 1 aromatic rings. The zero-order chi connectivity index (χ0) is 17.0. The molecule has 1 aromatic heterocycles. The van der Waals surface area contributed by atoms with E-state index in [1.165, 1.54) is 0 Å². The van der Waals surface area contributed by atoms with Gasteiger partial charge in [-0.3, -0.25) is 9.48 Å². The Bertz CT molecular complexity index is 514. The second kappa shape index (κ2) is 7.95. The molecule has 2 rings (SSSR count). The fourth-order valence-electron chi connectivity index (χ4n) is 2.85. The standard InChI is InChI=1S/C18H31N3O2/c1-6-21-17(11-16(19-21)14(4)5)18(22)20-9-7-15(8-10-20)23-12-13(2)3/h11,13-15H,6-10,12H2,1-5H3. The van der Waals surface area contributed by atoms with Gasteiger partial charge in [0.15, 0.2) is 0 Å². The molecule has 2 heterocycles. The molecule has 0 spiro atoms. The summed E-state index contributed by atoms with van der Waals surface area (Å²) in [7, 11) is 0. The van der Waals surface area contributed by atoms with Crippen LogP contribution in [-0.2, 0) is 11.3 Å². The maximum Gasteiger partial charge on any atom is 0.272 e. The third-order valence-corrected chi connectivity index (χ3v) is 4.30. The first-order chi connectivity index (χ1) is 10.9. The summed E-state index contributed by atoms with van der Waals surface area (Å²) >= 11 is 0. The van der Waals surface area contributed by atoms with Gasteiger partial charge in [0.2, 0.25) is 0 Å². The van der Waals surface area contributed by atoms with Gasteiger partial charge in [-0.05, 0) is 37.7 Å². The molecule has 0 aromatic carbocycles. The summed E-state index contributed by atoms with van der Waals surface area (Å²) in [6.45, 7) is 13.6. The van der Waals surface area contributed by atoms with Crippen LogP contribution in [0.25, 0.3) is 0 Å². The van der Waals surface area contributed by atoms with Crippen molar-refractivity contribution in [3.05, 3.63) is 17.5 Å². The molecule has 1 saturated heterocycles. The molecule has 5 heteroatoms. The second-order valence-electron chi connectivity index (χ2n) is 7.14. The van der Waals surface area contributed by atoms with E-state index in [1.807, 2.05) is 22.6 Å².